The molecule has 0 spiro atoms. The number of nitrogens with one attached hydrogen (secondary N) is 3. The predicted molar refractivity (Wildman–Crippen MR) is 121 cm³/mol. The Morgan fingerprint density at radius 1 is 1.09 bits per heavy atom. The second-order valence-electron chi connectivity index (χ2n) is 8.25. The maximum atomic E-state index is 12.9. The molecular weight excluding hydrogens is 454 g/mol. The van der Waals surface area contributed by atoms with Gasteiger partial charge in [-0.2, -0.15) is 4.98 Å². The number of imide groups is 2. The number of rotatable bonds is 6. The molecular formula is C23H21N7O5. The molecule has 3 N–H and O–H groups in total. The molecule has 12 nitrogen and oxygen atoms in total. The Morgan fingerprint density at radius 3 is 2.71 bits per heavy atom. The maximum Gasteiger partial charge on any atom is 0.321 e. The number of hydrogen-bond donors (Lipinski definition) is 3. The molecule has 0 radical (unpaired) electrons. The van der Waals surface area contributed by atoms with Crippen LogP contribution in [-0.4, -0.2) is 61.7 Å². The first-order valence-electron chi connectivity index (χ1n) is 11.1. The van der Waals surface area contributed by atoms with Crippen LogP contribution >= 0.6 is 0 Å². The SMILES string of the molecule is O=C1CCC(N2C(=O)c3ccc(CCCNC(=O)Nc4nc5ccccn5n4)cc3C2=O)C(=O)N1. The molecule has 1 atom stereocenters. The van der Waals surface area contributed by atoms with Crippen molar-refractivity contribution in [3.05, 3.63) is 59.3 Å². The number of carbonyl (C=O) groups is 5. The van der Waals surface area contributed by atoms with E-state index in [4.69, 9.17) is 0 Å². The van der Waals surface area contributed by atoms with Crippen LogP contribution in [0.1, 0.15) is 45.5 Å². The minimum atomic E-state index is -0.992. The number of fused-ring (bicyclic) bond motifs is 2. The van der Waals surface area contributed by atoms with Gasteiger partial charge in [0.1, 0.15) is 6.04 Å². The highest BCUT2D eigenvalue weighted by atomic mass is 16.2. The highest BCUT2D eigenvalue weighted by Gasteiger charge is 2.44. The first-order valence-corrected chi connectivity index (χ1v) is 11.1. The van der Waals surface area contributed by atoms with Crippen molar-refractivity contribution in [3.63, 3.8) is 0 Å². The molecule has 35 heavy (non-hydrogen) atoms. The lowest BCUT2D eigenvalue weighted by Crippen LogP contribution is -2.54. The summed E-state index contributed by atoms with van der Waals surface area (Å²) in [4.78, 5) is 66.5. The van der Waals surface area contributed by atoms with Gasteiger partial charge < -0.3 is 5.32 Å². The maximum absolute atomic E-state index is 12.9. The minimum absolute atomic E-state index is 0.0723. The van der Waals surface area contributed by atoms with Gasteiger partial charge in [0.15, 0.2) is 5.65 Å². The van der Waals surface area contributed by atoms with Gasteiger partial charge in [0, 0.05) is 19.2 Å². The summed E-state index contributed by atoms with van der Waals surface area (Å²) in [6, 6.07) is 8.94. The zero-order valence-electron chi connectivity index (χ0n) is 18.5. The summed E-state index contributed by atoms with van der Waals surface area (Å²) in [5.74, 6) is -1.94. The molecule has 2 aliphatic rings. The number of amides is 6. The van der Waals surface area contributed by atoms with Gasteiger partial charge in [0.05, 0.1) is 11.1 Å². The number of urea groups is 1. The van der Waals surface area contributed by atoms with Gasteiger partial charge in [-0.15, -0.1) is 5.10 Å². The van der Waals surface area contributed by atoms with E-state index in [1.54, 1.807) is 41.0 Å². The fraction of sp³-hybridized carbons (Fsp3) is 0.261. The van der Waals surface area contributed by atoms with E-state index < -0.39 is 35.7 Å². The van der Waals surface area contributed by atoms with E-state index in [-0.39, 0.29) is 29.9 Å². The minimum Gasteiger partial charge on any atom is -0.338 e. The summed E-state index contributed by atoms with van der Waals surface area (Å²) >= 11 is 0. The van der Waals surface area contributed by atoms with Crippen LogP contribution in [0.15, 0.2) is 42.6 Å². The zero-order chi connectivity index (χ0) is 24.5. The number of benzene rings is 1. The molecule has 0 aliphatic carbocycles. The number of piperidine rings is 1. The molecule has 178 valence electrons. The Bertz CT molecular complexity index is 1350. The lowest BCUT2D eigenvalue weighted by atomic mass is 10.0. The van der Waals surface area contributed by atoms with Crippen LogP contribution in [0.3, 0.4) is 0 Å². The molecule has 5 rings (SSSR count). The number of hydrogen-bond acceptors (Lipinski definition) is 7. The Kier molecular flexibility index (Phi) is 5.69. The number of carbonyl (C=O) groups excluding carboxylic acids is 5. The van der Waals surface area contributed by atoms with Crippen molar-refractivity contribution in [2.75, 3.05) is 11.9 Å². The van der Waals surface area contributed by atoms with Crippen molar-refractivity contribution in [2.45, 2.75) is 31.7 Å². The Labute approximate surface area is 198 Å². The van der Waals surface area contributed by atoms with Crippen LogP contribution in [0.5, 0.6) is 0 Å². The quantitative estimate of drug-likeness (QED) is 0.353. The first-order chi connectivity index (χ1) is 16.9. The van der Waals surface area contributed by atoms with Crippen molar-refractivity contribution in [1.29, 1.82) is 0 Å². The van der Waals surface area contributed by atoms with Gasteiger partial charge in [-0.3, -0.25) is 34.7 Å². The van der Waals surface area contributed by atoms with Crippen LogP contribution in [-0.2, 0) is 16.0 Å². The molecule has 2 aliphatic heterocycles. The van der Waals surface area contributed by atoms with E-state index in [2.05, 4.69) is 26.0 Å². The molecule has 1 saturated heterocycles. The molecule has 2 aromatic heterocycles. The molecule has 4 heterocycles. The number of aryl methyl sites for hydroxylation is 1. The summed E-state index contributed by atoms with van der Waals surface area (Å²) in [7, 11) is 0. The third-order valence-corrected chi connectivity index (χ3v) is 5.90. The van der Waals surface area contributed by atoms with Crippen LogP contribution in [0, 0.1) is 0 Å². The smallest absolute Gasteiger partial charge is 0.321 e. The average Bonchev–Trinajstić information content (AvgIpc) is 3.35. The molecule has 0 saturated carbocycles. The molecule has 6 amide bonds. The number of nitrogens with zero attached hydrogens (tertiary/aromatic N) is 4. The third-order valence-electron chi connectivity index (χ3n) is 5.90. The van der Waals surface area contributed by atoms with E-state index in [1.165, 1.54) is 0 Å². The highest BCUT2D eigenvalue weighted by Crippen LogP contribution is 2.28. The summed E-state index contributed by atoms with van der Waals surface area (Å²) in [6.07, 6.45) is 3.05. The van der Waals surface area contributed by atoms with Crippen molar-refractivity contribution >= 4 is 41.3 Å². The number of pyridine rings is 1. The second kappa shape index (κ2) is 8.97. The van der Waals surface area contributed by atoms with E-state index in [9.17, 15) is 24.0 Å². The van der Waals surface area contributed by atoms with Crippen LogP contribution in [0.2, 0.25) is 0 Å². The van der Waals surface area contributed by atoms with Crippen molar-refractivity contribution in [2.24, 2.45) is 0 Å². The van der Waals surface area contributed by atoms with Crippen molar-refractivity contribution in [1.82, 2.24) is 30.1 Å². The molecule has 1 unspecified atom stereocenters. The molecule has 0 bridgehead atoms. The van der Waals surface area contributed by atoms with E-state index in [0.717, 1.165) is 10.5 Å². The normalized spacial score (nSPS) is 17.5. The monoisotopic (exact) mass is 475 g/mol. The van der Waals surface area contributed by atoms with Crippen LogP contribution < -0.4 is 16.0 Å². The summed E-state index contributed by atoms with van der Waals surface area (Å²) in [6.45, 7) is 0.367. The largest absolute Gasteiger partial charge is 0.338 e. The second-order valence-corrected chi connectivity index (χ2v) is 8.25. The summed E-state index contributed by atoms with van der Waals surface area (Å²) in [5.41, 5.74) is 1.91. The average molecular weight is 475 g/mol. The summed E-state index contributed by atoms with van der Waals surface area (Å²) < 4.78 is 1.55. The fourth-order valence-electron chi connectivity index (χ4n) is 4.20. The Balaban J connectivity index is 1.15. The third kappa shape index (κ3) is 4.33. The first kappa shape index (κ1) is 22.2. The van der Waals surface area contributed by atoms with Gasteiger partial charge in [0.2, 0.25) is 11.8 Å². The molecule has 12 heteroatoms. The van der Waals surface area contributed by atoms with Gasteiger partial charge in [-0.05, 0) is 49.1 Å². The topological polar surface area (TPSA) is 155 Å². The van der Waals surface area contributed by atoms with Gasteiger partial charge >= 0.3 is 6.03 Å². The standard InChI is InChI=1S/C23H21N7O5/c31-18-9-8-16(19(32)26-18)30-20(33)14-7-6-13(12-15(14)21(30)34)4-3-10-24-23(35)27-22-25-17-5-1-2-11-29(17)28-22/h1-2,5-7,11-12,16H,3-4,8-10H2,(H,26,31,32)(H2,24,27,28,35). The predicted octanol–water partition coefficient (Wildman–Crippen LogP) is 0.885. The zero-order valence-corrected chi connectivity index (χ0v) is 18.5. The molecule has 3 aromatic rings. The Morgan fingerprint density at radius 2 is 1.91 bits per heavy atom. The van der Waals surface area contributed by atoms with Crippen LogP contribution in [0.4, 0.5) is 10.7 Å². The molecule has 1 fully saturated rings. The van der Waals surface area contributed by atoms with Crippen molar-refractivity contribution in [3.8, 4) is 0 Å². The molecule has 1 aromatic carbocycles. The fourth-order valence-corrected chi connectivity index (χ4v) is 4.20. The van der Waals surface area contributed by atoms with E-state index in [1.807, 2.05) is 6.07 Å². The lowest BCUT2D eigenvalue weighted by molar-refractivity contribution is -0.136. The number of aromatic nitrogens is 3. The van der Waals surface area contributed by atoms with E-state index >= 15 is 0 Å². The van der Waals surface area contributed by atoms with Gasteiger partial charge in [-0.25, -0.2) is 9.31 Å². The Hall–Kier alpha value is -4.61. The lowest BCUT2D eigenvalue weighted by Gasteiger charge is -2.27. The van der Waals surface area contributed by atoms with Crippen molar-refractivity contribution < 1.29 is 24.0 Å². The van der Waals surface area contributed by atoms with Gasteiger partial charge in [-0.1, -0.05) is 12.1 Å². The highest BCUT2D eigenvalue weighted by molar-refractivity contribution is 6.23. The number of anilines is 1. The van der Waals surface area contributed by atoms with Gasteiger partial charge in [0.25, 0.3) is 17.8 Å². The van der Waals surface area contributed by atoms with Crippen LogP contribution in [0.25, 0.3) is 5.65 Å². The summed E-state index contributed by atoms with van der Waals surface area (Å²) in [5, 5.41) is 11.6. The van der Waals surface area contributed by atoms with E-state index in [0.29, 0.717) is 25.0 Å².